The summed E-state index contributed by atoms with van der Waals surface area (Å²) in [6.07, 6.45) is 13.6. The fourth-order valence-corrected chi connectivity index (χ4v) is 4.43. The Morgan fingerprint density at radius 3 is 2.60 bits per heavy atom. The lowest BCUT2D eigenvalue weighted by Gasteiger charge is -2.12. The van der Waals surface area contributed by atoms with Crippen molar-refractivity contribution in [2.75, 3.05) is 6.54 Å². The average Bonchev–Trinajstić information content (AvgIpc) is 2.97. The monoisotopic (exact) mass is 313 g/mol. The first-order chi connectivity index (χ1) is 9.81. The number of rotatable bonds is 10. The summed E-state index contributed by atoms with van der Waals surface area (Å²) in [5.41, 5.74) is 1.47. The second-order valence-electron chi connectivity index (χ2n) is 5.95. The molecule has 0 aliphatic heterocycles. The standard InChI is InChI=1S/C17H28ClNS/c1-2-3-4-5-6-7-8-9-12-19-15-10-11-16-14(15)13-17(18)20-16/h13,15,19H,2-12H2,1H3. The van der Waals surface area contributed by atoms with Gasteiger partial charge in [0.25, 0.3) is 0 Å². The van der Waals surface area contributed by atoms with Crippen LogP contribution in [0.15, 0.2) is 6.07 Å². The van der Waals surface area contributed by atoms with Crippen molar-refractivity contribution in [3.8, 4) is 0 Å². The summed E-state index contributed by atoms with van der Waals surface area (Å²) in [7, 11) is 0. The number of aryl methyl sites for hydroxylation is 1. The van der Waals surface area contributed by atoms with Gasteiger partial charge in [-0.1, -0.05) is 63.5 Å². The molecule has 1 nitrogen and oxygen atoms in total. The Kier molecular flexibility index (Phi) is 7.40. The van der Waals surface area contributed by atoms with Crippen molar-refractivity contribution < 1.29 is 0 Å². The molecule has 2 rings (SSSR count). The fraction of sp³-hybridized carbons (Fsp3) is 0.765. The van der Waals surface area contributed by atoms with Crippen LogP contribution in [-0.2, 0) is 6.42 Å². The summed E-state index contributed by atoms with van der Waals surface area (Å²) in [5.74, 6) is 0. The van der Waals surface area contributed by atoms with Crippen LogP contribution in [0.2, 0.25) is 4.34 Å². The van der Waals surface area contributed by atoms with E-state index in [9.17, 15) is 0 Å². The number of halogens is 1. The molecule has 0 spiro atoms. The summed E-state index contributed by atoms with van der Waals surface area (Å²) in [6, 6.07) is 2.73. The SMILES string of the molecule is CCCCCCCCCCNC1CCc2sc(Cl)cc21. The van der Waals surface area contributed by atoms with E-state index < -0.39 is 0 Å². The van der Waals surface area contributed by atoms with Crippen LogP contribution in [0.4, 0.5) is 0 Å². The Bertz CT molecular complexity index is 388. The fourth-order valence-electron chi connectivity index (χ4n) is 3.08. The zero-order valence-electron chi connectivity index (χ0n) is 12.7. The molecule has 0 aromatic carbocycles. The van der Waals surface area contributed by atoms with Crippen LogP contribution in [-0.4, -0.2) is 6.54 Å². The van der Waals surface area contributed by atoms with Gasteiger partial charge in [-0.2, -0.15) is 0 Å². The highest BCUT2D eigenvalue weighted by Gasteiger charge is 2.24. The molecule has 1 heterocycles. The molecule has 1 N–H and O–H groups in total. The Balaban J connectivity index is 1.50. The van der Waals surface area contributed by atoms with Crippen LogP contribution in [0.25, 0.3) is 0 Å². The first-order valence-electron chi connectivity index (χ1n) is 8.32. The highest BCUT2D eigenvalue weighted by atomic mass is 35.5. The van der Waals surface area contributed by atoms with Crippen molar-refractivity contribution in [1.29, 1.82) is 0 Å². The molecular weight excluding hydrogens is 286 g/mol. The third kappa shape index (κ3) is 5.05. The molecule has 20 heavy (non-hydrogen) atoms. The molecule has 3 heteroatoms. The summed E-state index contributed by atoms with van der Waals surface area (Å²) in [4.78, 5) is 1.50. The van der Waals surface area contributed by atoms with E-state index in [1.165, 1.54) is 74.6 Å². The maximum atomic E-state index is 6.09. The molecular formula is C17H28ClNS. The Hall–Kier alpha value is -0.0500. The van der Waals surface area contributed by atoms with Crippen molar-refractivity contribution in [1.82, 2.24) is 5.32 Å². The van der Waals surface area contributed by atoms with Crippen molar-refractivity contribution in [2.24, 2.45) is 0 Å². The van der Waals surface area contributed by atoms with Crippen molar-refractivity contribution in [3.05, 3.63) is 20.8 Å². The van der Waals surface area contributed by atoms with Crippen LogP contribution in [0, 0.1) is 0 Å². The maximum absolute atomic E-state index is 6.09. The minimum Gasteiger partial charge on any atom is -0.310 e. The minimum atomic E-state index is 0.568. The van der Waals surface area contributed by atoms with Crippen LogP contribution in [0.1, 0.15) is 81.2 Å². The first kappa shape index (κ1) is 16.3. The van der Waals surface area contributed by atoms with E-state index in [0.29, 0.717) is 6.04 Å². The van der Waals surface area contributed by atoms with Crippen LogP contribution in [0.5, 0.6) is 0 Å². The van der Waals surface area contributed by atoms with Gasteiger partial charge in [0.05, 0.1) is 4.34 Å². The topological polar surface area (TPSA) is 12.0 Å². The van der Waals surface area contributed by atoms with E-state index in [4.69, 9.17) is 11.6 Å². The lowest BCUT2D eigenvalue weighted by atomic mass is 10.1. The molecule has 0 bridgehead atoms. The van der Waals surface area contributed by atoms with E-state index in [1.54, 1.807) is 11.3 Å². The van der Waals surface area contributed by atoms with Crippen LogP contribution in [0.3, 0.4) is 0 Å². The van der Waals surface area contributed by atoms with Gasteiger partial charge >= 0.3 is 0 Å². The first-order valence-corrected chi connectivity index (χ1v) is 9.52. The van der Waals surface area contributed by atoms with Gasteiger partial charge in [-0.3, -0.25) is 0 Å². The van der Waals surface area contributed by atoms with Crippen molar-refractivity contribution in [2.45, 2.75) is 77.2 Å². The normalized spacial score (nSPS) is 17.6. The van der Waals surface area contributed by atoms with Crippen LogP contribution >= 0.6 is 22.9 Å². The lowest BCUT2D eigenvalue weighted by Crippen LogP contribution is -2.20. The highest BCUT2D eigenvalue weighted by Crippen LogP contribution is 2.39. The summed E-state index contributed by atoms with van der Waals surface area (Å²) < 4.78 is 0.952. The quantitative estimate of drug-likeness (QED) is 0.513. The number of fused-ring (bicyclic) bond motifs is 1. The third-order valence-corrected chi connectivity index (χ3v) is 5.61. The molecule has 1 aliphatic carbocycles. The molecule has 0 amide bonds. The van der Waals surface area contributed by atoms with E-state index in [-0.39, 0.29) is 0 Å². The second kappa shape index (κ2) is 9.07. The Morgan fingerprint density at radius 1 is 1.15 bits per heavy atom. The van der Waals surface area contributed by atoms with E-state index in [0.717, 1.165) is 10.9 Å². The van der Waals surface area contributed by atoms with E-state index in [2.05, 4.69) is 18.3 Å². The van der Waals surface area contributed by atoms with Gasteiger partial charge in [-0.25, -0.2) is 0 Å². The molecule has 0 radical (unpaired) electrons. The second-order valence-corrected chi connectivity index (χ2v) is 7.72. The largest absolute Gasteiger partial charge is 0.310 e. The van der Waals surface area contributed by atoms with Gasteiger partial charge in [-0.15, -0.1) is 11.3 Å². The van der Waals surface area contributed by atoms with Gasteiger partial charge in [0.2, 0.25) is 0 Å². The third-order valence-electron chi connectivity index (χ3n) is 4.27. The minimum absolute atomic E-state index is 0.568. The molecule has 0 saturated carbocycles. The van der Waals surface area contributed by atoms with Crippen molar-refractivity contribution in [3.63, 3.8) is 0 Å². The molecule has 1 atom stereocenters. The molecule has 1 unspecified atom stereocenters. The number of nitrogens with one attached hydrogen (secondary N) is 1. The molecule has 1 aromatic rings. The predicted octanol–water partition coefficient (Wildman–Crippen LogP) is 6.12. The number of thiophene rings is 1. The maximum Gasteiger partial charge on any atom is 0.0934 e. The van der Waals surface area contributed by atoms with Crippen LogP contribution < -0.4 is 5.32 Å². The number of unbranched alkanes of at least 4 members (excludes halogenated alkanes) is 7. The lowest BCUT2D eigenvalue weighted by molar-refractivity contribution is 0.498. The summed E-state index contributed by atoms with van der Waals surface area (Å²) >= 11 is 7.85. The Labute approximate surface area is 133 Å². The molecule has 1 aromatic heterocycles. The molecule has 0 saturated heterocycles. The predicted molar refractivity (Wildman–Crippen MR) is 91.0 cm³/mol. The van der Waals surface area contributed by atoms with Gasteiger partial charge < -0.3 is 5.32 Å². The Morgan fingerprint density at radius 2 is 1.85 bits per heavy atom. The van der Waals surface area contributed by atoms with Crippen molar-refractivity contribution >= 4 is 22.9 Å². The van der Waals surface area contributed by atoms with E-state index in [1.807, 2.05) is 0 Å². The summed E-state index contributed by atoms with van der Waals surface area (Å²) in [5, 5.41) is 3.71. The molecule has 1 aliphatic rings. The smallest absolute Gasteiger partial charge is 0.0934 e. The van der Waals surface area contributed by atoms with E-state index >= 15 is 0 Å². The van der Waals surface area contributed by atoms with Gasteiger partial charge in [0.15, 0.2) is 0 Å². The summed E-state index contributed by atoms with van der Waals surface area (Å²) in [6.45, 7) is 3.44. The molecule has 114 valence electrons. The highest BCUT2D eigenvalue weighted by molar-refractivity contribution is 7.16. The number of hydrogen-bond donors (Lipinski definition) is 1. The number of hydrogen-bond acceptors (Lipinski definition) is 2. The van der Waals surface area contributed by atoms with Gasteiger partial charge in [0.1, 0.15) is 0 Å². The average molecular weight is 314 g/mol. The molecule has 0 fully saturated rings. The zero-order chi connectivity index (χ0) is 14.2. The van der Waals surface area contributed by atoms with Gasteiger partial charge in [-0.05, 0) is 37.4 Å². The zero-order valence-corrected chi connectivity index (χ0v) is 14.3. The van der Waals surface area contributed by atoms with Gasteiger partial charge in [0, 0.05) is 10.9 Å².